The maximum absolute atomic E-state index is 11.7. The van der Waals surface area contributed by atoms with E-state index in [4.69, 9.17) is 12.2 Å². The van der Waals surface area contributed by atoms with Gasteiger partial charge in [-0.3, -0.25) is 9.71 Å². The summed E-state index contributed by atoms with van der Waals surface area (Å²) in [7, 11) is -1.31. The minimum atomic E-state index is -3.36. The van der Waals surface area contributed by atoms with Gasteiger partial charge in [-0.1, -0.05) is 6.07 Å². The molecule has 1 fully saturated rings. The monoisotopic (exact) mass is 455 g/mol. The number of rotatable bonds is 5. The van der Waals surface area contributed by atoms with Crippen molar-refractivity contribution in [1.82, 2.24) is 14.9 Å². The summed E-state index contributed by atoms with van der Waals surface area (Å²) in [5, 5.41) is 4.05. The molecule has 0 aliphatic carbocycles. The van der Waals surface area contributed by atoms with Crippen molar-refractivity contribution in [2.75, 3.05) is 15.9 Å². The van der Waals surface area contributed by atoms with Crippen molar-refractivity contribution in [3.05, 3.63) is 77.4 Å². The van der Waals surface area contributed by atoms with Crippen LogP contribution < -0.4 is 14.9 Å². The minimum Gasteiger partial charge on any atom is -0.351 e. The molecule has 2 aromatic heterocycles. The van der Waals surface area contributed by atoms with E-state index in [0.29, 0.717) is 10.8 Å². The lowest BCUT2D eigenvalue weighted by Crippen LogP contribution is -2.30. The first-order chi connectivity index (χ1) is 14.7. The third-order valence-corrected chi connectivity index (χ3v) is 6.50. The molecule has 1 aromatic carbocycles. The Labute approximate surface area is 188 Å². The fourth-order valence-electron chi connectivity index (χ4n) is 3.98. The van der Waals surface area contributed by atoms with Gasteiger partial charge in [0.05, 0.1) is 23.7 Å². The van der Waals surface area contributed by atoms with Gasteiger partial charge in [0.15, 0.2) is 5.11 Å². The third kappa shape index (κ3) is 4.15. The molecule has 2 atom stereocenters. The summed E-state index contributed by atoms with van der Waals surface area (Å²) in [6, 6.07) is 15.4. The van der Waals surface area contributed by atoms with Crippen molar-refractivity contribution in [2.45, 2.75) is 25.9 Å². The maximum atomic E-state index is 11.7. The molecule has 0 saturated carbocycles. The molecule has 3 heterocycles. The molecule has 0 bridgehead atoms. The summed E-state index contributed by atoms with van der Waals surface area (Å²) in [4.78, 5) is 6.66. The van der Waals surface area contributed by atoms with Gasteiger partial charge >= 0.3 is 0 Å². The summed E-state index contributed by atoms with van der Waals surface area (Å²) in [5.41, 5.74) is 5.42. The largest absolute Gasteiger partial charge is 0.351 e. The molecule has 2 N–H and O–H groups in total. The molecule has 4 rings (SSSR count). The summed E-state index contributed by atoms with van der Waals surface area (Å²) in [6.45, 7) is 3.95. The van der Waals surface area contributed by atoms with Crippen LogP contribution in [0.15, 0.2) is 54.7 Å². The van der Waals surface area contributed by atoms with Crippen LogP contribution in [0.2, 0.25) is 0 Å². The molecule has 162 valence electrons. The van der Waals surface area contributed by atoms with Crippen LogP contribution >= 0.6 is 12.2 Å². The first-order valence-corrected chi connectivity index (χ1v) is 12.2. The Morgan fingerprint density at radius 2 is 1.90 bits per heavy atom. The van der Waals surface area contributed by atoms with Crippen molar-refractivity contribution in [2.24, 2.45) is 7.05 Å². The smallest absolute Gasteiger partial charge is 0.229 e. The van der Waals surface area contributed by atoms with Gasteiger partial charge in [-0.15, -0.1) is 0 Å². The van der Waals surface area contributed by atoms with E-state index < -0.39 is 10.0 Å². The number of pyridine rings is 1. The number of hydrogen-bond donors (Lipinski definition) is 2. The van der Waals surface area contributed by atoms with Gasteiger partial charge in [0.25, 0.3) is 0 Å². The van der Waals surface area contributed by atoms with Crippen molar-refractivity contribution in [1.29, 1.82) is 0 Å². The van der Waals surface area contributed by atoms with Crippen molar-refractivity contribution in [3.8, 4) is 0 Å². The molecule has 3 aromatic rings. The van der Waals surface area contributed by atoms with E-state index in [2.05, 4.69) is 43.5 Å². The Kier molecular flexibility index (Phi) is 5.49. The molecular weight excluding hydrogens is 430 g/mol. The van der Waals surface area contributed by atoms with Crippen molar-refractivity contribution >= 4 is 38.7 Å². The van der Waals surface area contributed by atoms with Crippen LogP contribution in [-0.4, -0.2) is 29.3 Å². The Morgan fingerprint density at radius 1 is 1.13 bits per heavy atom. The lowest BCUT2D eigenvalue weighted by atomic mass is 10.0. The fraction of sp³-hybridized carbons (Fsp3) is 0.273. The molecule has 0 amide bonds. The van der Waals surface area contributed by atoms with E-state index >= 15 is 0 Å². The SMILES string of the molecule is Cc1cc(N2C(=S)N[C@H](c3ccccn3)[C@H]2c2ccc(C)n2C)ccc1NS(C)(=O)=O. The van der Waals surface area contributed by atoms with Crippen LogP contribution in [0.1, 0.15) is 34.7 Å². The highest BCUT2D eigenvalue weighted by Crippen LogP contribution is 2.42. The number of nitrogens with one attached hydrogen (secondary N) is 2. The van der Waals surface area contributed by atoms with E-state index in [1.54, 1.807) is 12.3 Å². The summed E-state index contributed by atoms with van der Waals surface area (Å²) < 4.78 is 28.0. The third-order valence-electron chi connectivity index (χ3n) is 5.60. The number of nitrogens with zero attached hydrogens (tertiary/aromatic N) is 3. The van der Waals surface area contributed by atoms with Gasteiger partial charge in [-0.25, -0.2) is 8.42 Å². The highest BCUT2D eigenvalue weighted by molar-refractivity contribution is 7.92. The normalized spacial score (nSPS) is 18.8. The topological polar surface area (TPSA) is 79.3 Å². The molecule has 1 aliphatic rings. The minimum absolute atomic E-state index is 0.116. The number of benzene rings is 1. The van der Waals surface area contributed by atoms with E-state index in [1.165, 1.54) is 0 Å². The predicted molar refractivity (Wildman–Crippen MR) is 128 cm³/mol. The predicted octanol–water partition coefficient (Wildman–Crippen LogP) is 3.59. The average Bonchev–Trinajstić information content (AvgIpc) is 3.22. The molecule has 0 spiro atoms. The lowest BCUT2D eigenvalue weighted by molar-refractivity contribution is 0.539. The van der Waals surface area contributed by atoms with E-state index in [-0.39, 0.29) is 12.1 Å². The van der Waals surface area contributed by atoms with Crippen LogP contribution in [0.4, 0.5) is 11.4 Å². The molecule has 1 saturated heterocycles. The van der Waals surface area contributed by atoms with Gasteiger partial charge in [0, 0.05) is 30.3 Å². The van der Waals surface area contributed by atoms with Gasteiger partial charge in [0.1, 0.15) is 6.04 Å². The van der Waals surface area contributed by atoms with Crippen LogP contribution in [0, 0.1) is 13.8 Å². The van der Waals surface area contributed by atoms with Crippen LogP contribution in [0.25, 0.3) is 0 Å². The molecule has 0 unspecified atom stereocenters. The number of aromatic nitrogens is 2. The lowest BCUT2D eigenvalue weighted by Gasteiger charge is -2.29. The Bertz CT molecular complexity index is 1240. The first kappa shape index (κ1) is 21.3. The second-order valence-corrected chi connectivity index (χ2v) is 9.96. The highest BCUT2D eigenvalue weighted by Gasteiger charge is 2.42. The highest BCUT2D eigenvalue weighted by atomic mass is 32.2. The zero-order chi connectivity index (χ0) is 22.3. The average molecular weight is 456 g/mol. The summed E-state index contributed by atoms with van der Waals surface area (Å²) in [5.74, 6) is 0. The number of aryl methyl sites for hydroxylation is 2. The maximum Gasteiger partial charge on any atom is 0.229 e. The number of hydrogen-bond acceptors (Lipinski definition) is 4. The number of thiocarbonyl (C=S) groups is 1. The molecule has 31 heavy (non-hydrogen) atoms. The quantitative estimate of drug-likeness (QED) is 0.573. The zero-order valence-electron chi connectivity index (χ0n) is 17.8. The van der Waals surface area contributed by atoms with Crippen LogP contribution in [0.3, 0.4) is 0 Å². The van der Waals surface area contributed by atoms with E-state index in [1.807, 2.05) is 44.3 Å². The Hall–Kier alpha value is -2.91. The van der Waals surface area contributed by atoms with E-state index in [0.717, 1.165) is 34.6 Å². The van der Waals surface area contributed by atoms with Gasteiger partial charge in [-0.05, 0) is 74.1 Å². The number of sulfonamides is 1. The summed E-state index contributed by atoms with van der Waals surface area (Å²) in [6.07, 6.45) is 2.93. The fourth-order valence-corrected chi connectivity index (χ4v) is 4.95. The molecule has 0 radical (unpaired) electrons. The van der Waals surface area contributed by atoms with Gasteiger partial charge in [-0.2, -0.15) is 0 Å². The van der Waals surface area contributed by atoms with Crippen LogP contribution in [-0.2, 0) is 17.1 Å². The molecule has 7 nitrogen and oxygen atoms in total. The first-order valence-electron chi connectivity index (χ1n) is 9.87. The van der Waals surface area contributed by atoms with Gasteiger partial charge < -0.3 is 14.8 Å². The molecule has 1 aliphatic heterocycles. The number of anilines is 2. The summed E-state index contributed by atoms with van der Waals surface area (Å²) >= 11 is 5.76. The van der Waals surface area contributed by atoms with Crippen LogP contribution in [0.5, 0.6) is 0 Å². The standard InChI is InChI=1S/C22H25N5O2S2/c1-14-13-16(9-10-17(14)25-31(4,28)29)27-21(19-11-8-15(2)26(19)3)20(24-22(27)30)18-7-5-6-12-23-18/h5-13,20-21,25H,1-4H3,(H,24,30)/t20-,21-/m1/s1. The zero-order valence-corrected chi connectivity index (χ0v) is 19.5. The Balaban J connectivity index is 1.81. The second-order valence-electron chi connectivity index (χ2n) is 7.83. The molecule has 9 heteroatoms. The molecular formula is C22H25N5O2S2. The van der Waals surface area contributed by atoms with Crippen molar-refractivity contribution < 1.29 is 8.42 Å². The second kappa shape index (κ2) is 7.97. The Morgan fingerprint density at radius 3 is 2.48 bits per heavy atom. The van der Waals surface area contributed by atoms with Crippen molar-refractivity contribution in [3.63, 3.8) is 0 Å². The van der Waals surface area contributed by atoms with E-state index in [9.17, 15) is 8.42 Å². The van der Waals surface area contributed by atoms with Gasteiger partial charge in [0.2, 0.25) is 10.0 Å².